The third-order valence-corrected chi connectivity index (χ3v) is 6.38. The molecule has 2 aromatic carbocycles. The number of carbonyl (C=O) groups is 2. The van der Waals surface area contributed by atoms with Crippen LogP contribution in [0.4, 0.5) is 16.2 Å². The summed E-state index contributed by atoms with van der Waals surface area (Å²) in [6, 6.07) is 13.5. The van der Waals surface area contributed by atoms with Crippen LogP contribution in [0.2, 0.25) is 0 Å². The van der Waals surface area contributed by atoms with E-state index in [2.05, 4.69) is 21.9 Å². The zero-order chi connectivity index (χ0) is 22.2. The molecule has 31 heavy (non-hydrogen) atoms. The van der Waals surface area contributed by atoms with Crippen LogP contribution >= 0.6 is 11.8 Å². The number of fused-ring (bicyclic) bond motifs is 1. The Kier molecular flexibility index (Phi) is 5.58. The Morgan fingerprint density at radius 1 is 1.23 bits per heavy atom. The number of aryl methyl sites for hydroxylation is 1. The van der Waals surface area contributed by atoms with E-state index in [1.807, 2.05) is 55.1 Å². The van der Waals surface area contributed by atoms with Crippen LogP contribution in [0.5, 0.6) is 0 Å². The molecule has 2 aromatic rings. The van der Waals surface area contributed by atoms with Gasteiger partial charge in [0.25, 0.3) is 5.24 Å². The van der Waals surface area contributed by atoms with Crippen molar-refractivity contribution in [2.75, 3.05) is 16.8 Å². The molecule has 0 spiro atoms. The van der Waals surface area contributed by atoms with Crippen LogP contribution in [0, 0.1) is 5.41 Å². The molecule has 2 amide bonds. The van der Waals surface area contributed by atoms with Gasteiger partial charge in [0.05, 0.1) is 10.5 Å². The summed E-state index contributed by atoms with van der Waals surface area (Å²) in [4.78, 5) is 25.0. The number of amides is 2. The summed E-state index contributed by atoms with van der Waals surface area (Å²) in [5.74, 6) is 0.313. The van der Waals surface area contributed by atoms with Crippen LogP contribution in [-0.2, 0) is 11.2 Å². The maximum Gasteiger partial charge on any atom is 0.300 e. The number of thioether (sulfide) groups is 1. The van der Waals surface area contributed by atoms with Gasteiger partial charge in [-0.3, -0.25) is 15.0 Å². The summed E-state index contributed by atoms with van der Waals surface area (Å²) in [6.45, 7) is 6.25. The lowest BCUT2D eigenvalue weighted by molar-refractivity contribution is -0.114. The number of hydrogen-bond acceptors (Lipinski definition) is 5. The van der Waals surface area contributed by atoms with E-state index in [0.29, 0.717) is 11.5 Å². The van der Waals surface area contributed by atoms with Gasteiger partial charge in [0.1, 0.15) is 5.84 Å². The molecule has 0 radical (unpaired) electrons. The van der Waals surface area contributed by atoms with Gasteiger partial charge in [-0.05, 0) is 74.2 Å². The Balaban J connectivity index is 1.61. The maximum atomic E-state index is 11.7. The van der Waals surface area contributed by atoms with Gasteiger partial charge in [-0.2, -0.15) is 5.10 Å². The molecule has 0 atom stereocenters. The summed E-state index contributed by atoms with van der Waals surface area (Å²) in [7, 11) is 0. The second-order valence-corrected chi connectivity index (χ2v) is 9.77. The number of hydrogen-bond donors (Lipinski definition) is 3. The molecular formula is C23H25N5O2S. The van der Waals surface area contributed by atoms with Crippen molar-refractivity contribution in [1.82, 2.24) is 5.43 Å². The summed E-state index contributed by atoms with van der Waals surface area (Å²) in [5, 5.41) is 15.7. The highest BCUT2D eigenvalue weighted by atomic mass is 32.2. The van der Waals surface area contributed by atoms with Gasteiger partial charge < -0.3 is 10.2 Å². The molecule has 2 aliphatic heterocycles. The van der Waals surface area contributed by atoms with Crippen LogP contribution in [0.25, 0.3) is 0 Å². The summed E-state index contributed by atoms with van der Waals surface area (Å²) >= 11 is 1.24. The number of benzene rings is 2. The molecule has 0 fully saturated rings. The zero-order valence-electron chi connectivity index (χ0n) is 17.8. The Bertz CT molecular complexity index is 1090. The number of hydrazone groups is 1. The first kappa shape index (κ1) is 21.1. The first-order valence-electron chi connectivity index (χ1n) is 10.2. The summed E-state index contributed by atoms with van der Waals surface area (Å²) in [5.41, 5.74) is 8.12. The van der Waals surface area contributed by atoms with Crippen molar-refractivity contribution < 1.29 is 9.59 Å². The molecule has 0 saturated heterocycles. The quantitative estimate of drug-likeness (QED) is 0.493. The highest BCUT2D eigenvalue weighted by molar-refractivity contribution is 8.15. The molecule has 160 valence electrons. The molecule has 7 nitrogen and oxygen atoms in total. The number of nitrogens with zero attached hydrogens (tertiary/aromatic N) is 2. The lowest BCUT2D eigenvalue weighted by Crippen LogP contribution is -2.39. The van der Waals surface area contributed by atoms with Crippen molar-refractivity contribution in [3.8, 4) is 0 Å². The third-order valence-electron chi connectivity index (χ3n) is 5.40. The molecule has 0 saturated carbocycles. The summed E-state index contributed by atoms with van der Waals surface area (Å²) in [6.07, 6.45) is 1.88. The van der Waals surface area contributed by atoms with Crippen LogP contribution in [-0.4, -0.2) is 34.0 Å². The average Bonchev–Trinajstić information content (AvgIpc) is 2.72. The molecule has 0 unspecified atom stereocenters. The van der Waals surface area contributed by atoms with E-state index in [4.69, 9.17) is 5.41 Å². The van der Waals surface area contributed by atoms with E-state index in [-0.39, 0.29) is 11.1 Å². The van der Waals surface area contributed by atoms with Gasteiger partial charge in [-0.25, -0.2) is 5.43 Å². The van der Waals surface area contributed by atoms with Crippen LogP contribution in [0.3, 0.4) is 0 Å². The van der Waals surface area contributed by atoms with E-state index in [1.165, 1.54) is 24.2 Å². The molecular weight excluding hydrogens is 410 g/mol. The van der Waals surface area contributed by atoms with E-state index in [0.717, 1.165) is 41.9 Å². The van der Waals surface area contributed by atoms with Gasteiger partial charge in [0.15, 0.2) is 0 Å². The van der Waals surface area contributed by atoms with Crippen molar-refractivity contribution in [2.24, 2.45) is 5.10 Å². The van der Waals surface area contributed by atoms with E-state index < -0.39 is 4.75 Å². The van der Waals surface area contributed by atoms with Gasteiger partial charge in [-0.1, -0.05) is 17.8 Å². The second kappa shape index (κ2) is 8.19. The first-order valence-corrected chi connectivity index (χ1v) is 11.0. The van der Waals surface area contributed by atoms with E-state index in [9.17, 15) is 9.59 Å². The molecule has 4 rings (SSSR count). The normalized spacial score (nSPS) is 17.3. The fourth-order valence-electron chi connectivity index (χ4n) is 4.00. The Morgan fingerprint density at radius 3 is 2.65 bits per heavy atom. The standard InChI is InChI=1S/C23H25N5O2S/c1-14(29)25-18-9-6-15(7-10-18)21(24)28-12-4-5-16-13-17(8-11-19(16)28)20-23(2,3)31-22(30)27-26-20/h6-11,13,24H,4-5,12H2,1-3H3,(H,25,29)(H,27,30). The number of rotatable bonds is 3. The largest absolute Gasteiger partial charge is 0.326 e. The lowest BCUT2D eigenvalue weighted by atomic mass is 9.93. The Labute approximate surface area is 185 Å². The van der Waals surface area contributed by atoms with Gasteiger partial charge in [0.2, 0.25) is 5.91 Å². The SMILES string of the molecule is CC(=O)Nc1ccc(C(=N)N2CCCc3cc(C4=NNC(=O)SC4(C)C)ccc32)cc1. The number of anilines is 2. The molecule has 3 N–H and O–H groups in total. The Morgan fingerprint density at radius 2 is 1.97 bits per heavy atom. The van der Waals surface area contributed by atoms with Crippen molar-refractivity contribution in [3.05, 3.63) is 59.2 Å². The van der Waals surface area contributed by atoms with E-state index in [1.54, 1.807) is 0 Å². The number of nitrogens with one attached hydrogen (secondary N) is 3. The highest BCUT2D eigenvalue weighted by Gasteiger charge is 2.34. The molecule has 2 heterocycles. The van der Waals surface area contributed by atoms with Gasteiger partial charge in [0, 0.05) is 30.4 Å². The van der Waals surface area contributed by atoms with Crippen molar-refractivity contribution >= 4 is 45.8 Å². The molecule has 0 aliphatic carbocycles. The third kappa shape index (κ3) is 4.34. The number of carbonyl (C=O) groups excluding carboxylic acids is 2. The zero-order valence-corrected chi connectivity index (χ0v) is 18.6. The van der Waals surface area contributed by atoms with Crippen molar-refractivity contribution in [1.29, 1.82) is 5.41 Å². The van der Waals surface area contributed by atoms with Gasteiger partial charge >= 0.3 is 0 Å². The molecule has 2 aliphatic rings. The monoisotopic (exact) mass is 435 g/mol. The van der Waals surface area contributed by atoms with E-state index >= 15 is 0 Å². The fraction of sp³-hybridized carbons (Fsp3) is 0.304. The highest BCUT2D eigenvalue weighted by Crippen LogP contribution is 2.35. The molecule has 0 bridgehead atoms. The predicted octanol–water partition coefficient (Wildman–Crippen LogP) is 4.36. The predicted molar refractivity (Wildman–Crippen MR) is 126 cm³/mol. The maximum absolute atomic E-state index is 11.7. The fourth-order valence-corrected chi connectivity index (χ4v) is 4.81. The topological polar surface area (TPSA) is 97.7 Å². The van der Waals surface area contributed by atoms with Crippen LogP contribution < -0.4 is 15.6 Å². The minimum Gasteiger partial charge on any atom is -0.326 e. The van der Waals surface area contributed by atoms with Crippen LogP contribution in [0.1, 0.15) is 43.9 Å². The number of amidine groups is 1. The smallest absolute Gasteiger partial charge is 0.300 e. The molecule has 0 aromatic heterocycles. The minimum absolute atomic E-state index is 0.118. The average molecular weight is 436 g/mol. The Hall–Kier alpha value is -3.13. The first-order chi connectivity index (χ1) is 14.7. The van der Waals surface area contributed by atoms with Crippen molar-refractivity contribution in [2.45, 2.75) is 38.4 Å². The van der Waals surface area contributed by atoms with Crippen LogP contribution in [0.15, 0.2) is 47.6 Å². The minimum atomic E-state index is -0.409. The second-order valence-electron chi connectivity index (χ2n) is 8.18. The summed E-state index contributed by atoms with van der Waals surface area (Å²) < 4.78 is -0.409. The van der Waals surface area contributed by atoms with Gasteiger partial charge in [-0.15, -0.1) is 0 Å². The lowest BCUT2D eigenvalue weighted by Gasteiger charge is -2.33. The molecule has 8 heteroatoms. The van der Waals surface area contributed by atoms with Crippen molar-refractivity contribution in [3.63, 3.8) is 0 Å².